The molecular formula is C18H26N2O3. The number of aliphatic hydroxyl groups is 1. The standard InChI is InChI=1S/C18H26N2O3/c1-23-14-6-4-13(5-7-14)12-17(21)19-15-8-9-16(18(15)22)20-10-2-3-11-20/h4-7,15-16,18,22H,2-3,8-12H2,1H3,(H,19,21)/t15-,16-,18-/m1/s1. The molecule has 1 aliphatic heterocycles. The Morgan fingerprint density at radius 2 is 1.96 bits per heavy atom. The molecule has 1 saturated carbocycles. The summed E-state index contributed by atoms with van der Waals surface area (Å²) in [7, 11) is 1.62. The molecule has 1 amide bonds. The summed E-state index contributed by atoms with van der Waals surface area (Å²) in [6, 6.07) is 7.61. The molecule has 0 unspecified atom stereocenters. The number of aliphatic hydroxyl groups excluding tert-OH is 1. The molecule has 2 aliphatic rings. The number of benzene rings is 1. The van der Waals surface area contributed by atoms with Crippen LogP contribution < -0.4 is 10.1 Å². The maximum absolute atomic E-state index is 12.2. The summed E-state index contributed by atoms with van der Waals surface area (Å²) in [5, 5.41) is 13.5. The number of carbonyl (C=O) groups is 1. The zero-order valence-electron chi connectivity index (χ0n) is 13.7. The van der Waals surface area contributed by atoms with Gasteiger partial charge < -0.3 is 15.2 Å². The number of ether oxygens (including phenoxy) is 1. The molecule has 0 bridgehead atoms. The second-order valence-corrected chi connectivity index (χ2v) is 6.58. The third kappa shape index (κ3) is 3.85. The van der Waals surface area contributed by atoms with Gasteiger partial charge in [-0.05, 0) is 56.5 Å². The van der Waals surface area contributed by atoms with Gasteiger partial charge in [-0.2, -0.15) is 0 Å². The number of rotatable bonds is 5. The highest BCUT2D eigenvalue weighted by molar-refractivity contribution is 5.79. The van der Waals surface area contributed by atoms with Gasteiger partial charge in [0.2, 0.25) is 5.91 Å². The molecule has 5 heteroatoms. The Hall–Kier alpha value is -1.59. The molecule has 0 spiro atoms. The van der Waals surface area contributed by atoms with E-state index in [0.29, 0.717) is 6.42 Å². The summed E-state index contributed by atoms with van der Waals surface area (Å²) >= 11 is 0. The summed E-state index contributed by atoms with van der Waals surface area (Å²) in [6.45, 7) is 2.16. The van der Waals surface area contributed by atoms with Gasteiger partial charge in [-0.3, -0.25) is 9.69 Å². The van der Waals surface area contributed by atoms with Gasteiger partial charge in [0.1, 0.15) is 5.75 Å². The molecule has 1 saturated heterocycles. The molecule has 0 aromatic heterocycles. The molecule has 3 rings (SSSR count). The van der Waals surface area contributed by atoms with Crippen LogP contribution in [0.3, 0.4) is 0 Å². The van der Waals surface area contributed by atoms with Crippen molar-refractivity contribution in [1.29, 1.82) is 0 Å². The van der Waals surface area contributed by atoms with E-state index in [1.165, 1.54) is 12.8 Å². The number of likely N-dealkylation sites (tertiary alicyclic amines) is 1. The monoisotopic (exact) mass is 318 g/mol. The van der Waals surface area contributed by atoms with Gasteiger partial charge >= 0.3 is 0 Å². The lowest BCUT2D eigenvalue weighted by Gasteiger charge is -2.28. The smallest absolute Gasteiger partial charge is 0.224 e. The van der Waals surface area contributed by atoms with E-state index in [0.717, 1.165) is 37.2 Å². The minimum absolute atomic E-state index is 0.0266. The minimum atomic E-state index is -0.451. The first-order valence-corrected chi connectivity index (χ1v) is 8.52. The van der Waals surface area contributed by atoms with Crippen molar-refractivity contribution in [3.63, 3.8) is 0 Å². The number of amides is 1. The van der Waals surface area contributed by atoms with Crippen molar-refractivity contribution >= 4 is 5.91 Å². The molecule has 126 valence electrons. The van der Waals surface area contributed by atoms with Gasteiger partial charge in [0, 0.05) is 6.04 Å². The fourth-order valence-electron chi connectivity index (χ4n) is 3.78. The van der Waals surface area contributed by atoms with Crippen molar-refractivity contribution in [2.75, 3.05) is 20.2 Å². The molecule has 1 heterocycles. The van der Waals surface area contributed by atoms with E-state index >= 15 is 0 Å². The predicted octanol–water partition coefficient (Wildman–Crippen LogP) is 1.34. The van der Waals surface area contributed by atoms with Crippen molar-refractivity contribution in [3.8, 4) is 5.75 Å². The van der Waals surface area contributed by atoms with Crippen LogP contribution in [0, 0.1) is 0 Å². The molecule has 23 heavy (non-hydrogen) atoms. The first-order valence-electron chi connectivity index (χ1n) is 8.52. The van der Waals surface area contributed by atoms with Crippen molar-refractivity contribution in [3.05, 3.63) is 29.8 Å². The van der Waals surface area contributed by atoms with Gasteiger partial charge in [-0.1, -0.05) is 12.1 Å². The van der Waals surface area contributed by atoms with E-state index in [9.17, 15) is 9.90 Å². The van der Waals surface area contributed by atoms with Crippen LogP contribution in [0.1, 0.15) is 31.2 Å². The fourth-order valence-corrected chi connectivity index (χ4v) is 3.78. The maximum Gasteiger partial charge on any atom is 0.224 e. The Kier molecular flexibility index (Phi) is 5.18. The van der Waals surface area contributed by atoms with Gasteiger partial charge in [0.25, 0.3) is 0 Å². The summed E-state index contributed by atoms with van der Waals surface area (Å²) in [6.07, 6.45) is 4.15. The Balaban J connectivity index is 1.51. The van der Waals surface area contributed by atoms with Crippen molar-refractivity contribution in [1.82, 2.24) is 10.2 Å². The molecule has 1 aliphatic carbocycles. The third-order valence-corrected chi connectivity index (χ3v) is 5.06. The van der Waals surface area contributed by atoms with Gasteiger partial charge in [-0.25, -0.2) is 0 Å². The van der Waals surface area contributed by atoms with Crippen LogP contribution in [0.5, 0.6) is 5.75 Å². The van der Waals surface area contributed by atoms with Crippen LogP contribution in [0.4, 0.5) is 0 Å². The topological polar surface area (TPSA) is 61.8 Å². The highest BCUT2D eigenvalue weighted by Crippen LogP contribution is 2.27. The van der Waals surface area contributed by atoms with E-state index in [1.807, 2.05) is 24.3 Å². The number of hydrogen-bond acceptors (Lipinski definition) is 4. The zero-order chi connectivity index (χ0) is 16.2. The molecule has 1 aromatic rings. The number of nitrogens with one attached hydrogen (secondary N) is 1. The van der Waals surface area contributed by atoms with Crippen LogP contribution in [-0.2, 0) is 11.2 Å². The maximum atomic E-state index is 12.2. The summed E-state index contributed by atoms with van der Waals surface area (Å²) in [4.78, 5) is 14.6. The van der Waals surface area contributed by atoms with Gasteiger partial charge in [0.15, 0.2) is 0 Å². The van der Waals surface area contributed by atoms with E-state index in [2.05, 4.69) is 10.2 Å². The van der Waals surface area contributed by atoms with Gasteiger partial charge in [-0.15, -0.1) is 0 Å². The van der Waals surface area contributed by atoms with Crippen LogP contribution in [0.15, 0.2) is 24.3 Å². The van der Waals surface area contributed by atoms with E-state index in [1.54, 1.807) is 7.11 Å². The van der Waals surface area contributed by atoms with Crippen molar-refractivity contribution in [2.24, 2.45) is 0 Å². The zero-order valence-corrected chi connectivity index (χ0v) is 13.7. The first kappa shape index (κ1) is 16.3. The quantitative estimate of drug-likeness (QED) is 0.860. The molecule has 2 N–H and O–H groups in total. The Labute approximate surface area is 137 Å². The molecule has 0 radical (unpaired) electrons. The summed E-state index contributed by atoms with van der Waals surface area (Å²) < 4.78 is 5.12. The van der Waals surface area contributed by atoms with Crippen LogP contribution in [0.25, 0.3) is 0 Å². The fraction of sp³-hybridized carbons (Fsp3) is 0.611. The lowest BCUT2D eigenvalue weighted by molar-refractivity contribution is -0.121. The van der Waals surface area contributed by atoms with E-state index < -0.39 is 6.10 Å². The lowest BCUT2D eigenvalue weighted by atomic mass is 10.1. The minimum Gasteiger partial charge on any atom is -0.497 e. The average molecular weight is 318 g/mol. The lowest BCUT2D eigenvalue weighted by Crippen LogP contribution is -2.48. The second-order valence-electron chi connectivity index (χ2n) is 6.58. The molecule has 5 nitrogen and oxygen atoms in total. The predicted molar refractivity (Wildman–Crippen MR) is 88.5 cm³/mol. The Morgan fingerprint density at radius 3 is 2.61 bits per heavy atom. The van der Waals surface area contributed by atoms with Crippen molar-refractivity contribution in [2.45, 2.75) is 50.3 Å². The molecule has 3 atom stereocenters. The van der Waals surface area contributed by atoms with Crippen LogP contribution in [-0.4, -0.2) is 54.3 Å². The Bertz CT molecular complexity index is 526. The molecule has 2 fully saturated rings. The SMILES string of the molecule is COc1ccc(CC(=O)N[C@@H]2CC[C@@H](N3CCCC3)[C@@H]2O)cc1. The first-order chi connectivity index (χ1) is 11.2. The number of hydrogen-bond donors (Lipinski definition) is 2. The Morgan fingerprint density at radius 1 is 1.26 bits per heavy atom. The largest absolute Gasteiger partial charge is 0.497 e. The van der Waals surface area contributed by atoms with Crippen LogP contribution in [0.2, 0.25) is 0 Å². The average Bonchev–Trinajstić information content (AvgIpc) is 3.19. The van der Waals surface area contributed by atoms with E-state index in [4.69, 9.17) is 4.74 Å². The number of nitrogens with zero attached hydrogens (tertiary/aromatic N) is 1. The highest BCUT2D eigenvalue weighted by Gasteiger charge is 2.39. The normalized spacial score (nSPS) is 28.0. The summed E-state index contributed by atoms with van der Waals surface area (Å²) in [5.41, 5.74) is 0.951. The number of methoxy groups -OCH3 is 1. The van der Waals surface area contributed by atoms with Crippen molar-refractivity contribution < 1.29 is 14.6 Å². The van der Waals surface area contributed by atoms with Gasteiger partial charge in [0.05, 0.1) is 25.7 Å². The van der Waals surface area contributed by atoms with E-state index in [-0.39, 0.29) is 18.0 Å². The second kappa shape index (κ2) is 7.32. The van der Waals surface area contributed by atoms with Crippen LogP contribution >= 0.6 is 0 Å². The summed E-state index contributed by atoms with van der Waals surface area (Å²) in [5.74, 6) is 0.759. The molecular weight excluding hydrogens is 292 g/mol. The highest BCUT2D eigenvalue weighted by atomic mass is 16.5. The molecule has 1 aromatic carbocycles. The third-order valence-electron chi connectivity index (χ3n) is 5.06. The number of carbonyl (C=O) groups excluding carboxylic acids is 1.